The summed E-state index contributed by atoms with van der Waals surface area (Å²) in [5, 5.41) is 15.5. The van der Waals surface area contributed by atoms with Crippen LogP contribution in [0.3, 0.4) is 0 Å². The smallest absolute Gasteiger partial charge is 0.269 e. The first-order valence-corrected chi connectivity index (χ1v) is 9.80. The van der Waals surface area contributed by atoms with Gasteiger partial charge in [-0.25, -0.2) is 4.68 Å². The molecule has 1 aromatic heterocycles. The lowest BCUT2D eigenvalue weighted by Crippen LogP contribution is -2.42. The van der Waals surface area contributed by atoms with Gasteiger partial charge >= 0.3 is 0 Å². The van der Waals surface area contributed by atoms with E-state index in [1.165, 1.54) is 12.1 Å². The number of carbonyl (C=O) groups is 2. The molecule has 0 aliphatic heterocycles. The molecule has 0 atom stereocenters. The summed E-state index contributed by atoms with van der Waals surface area (Å²) in [4.78, 5) is 34.7. The molecule has 0 fully saturated rings. The predicted octanol–water partition coefficient (Wildman–Crippen LogP) is 3.18. The molecule has 31 heavy (non-hydrogen) atoms. The first-order valence-electron chi connectivity index (χ1n) is 9.80. The lowest BCUT2D eigenvalue weighted by Gasteiger charge is -2.08. The Labute approximate surface area is 179 Å². The molecule has 0 aliphatic rings. The number of carbonyl (C=O) groups excluding carboxylic acids is 2. The van der Waals surface area contributed by atoms with Gasteiger partial charge in [-0.2, -0.15) is 5.10 Å². The first-order chi connectivity index (χ1) is 14.8. The third-order valence-corrected chi connectivity index (χ3v) is 4.45. The highest BCUT2D eigenvalue weighted by molar-refractivity contribution is 5.84. The molecule has 3 aromatic rings. The lowest BCUT2D eigenvalue weighted by atomic mass is 10.1. The van der Waals surface area contributed by atoms with Gasteiger partial charge in [0, 0.05) is 35.9 Å². The van der Waals surface area contributed by atoms with E-state index < -0.39 is 10.8 Å². The maximum Gasteiger partial charge on any atom is 0.269 e. The Morgan fingerprint density at radius 1 is 1.03 bits per heavy atom. The summed E-state index contributed by atoms with van der Waals surface area (Å²) in [5.41, 5.74) is 7.41. The molecular weight excluding hydrogens is 398 g/mol. The van der Waals surface area contributed by atoms with Gasteiger partial charge in [0.2, 0.25) is 11.8 Å². The Balaban J connectivity index is 1.85. The fourth-order valence-electron chi connectivity index (χ4n) is 3.01. The van der Waals surface area contributed by atoms with Crippen LogP contribution in [0.15, 0.2) is 60.8 Å². The van der Waals surface area contributed by atoms with E-state index in [2.05, 4.69) is 16.0 Å². The van der Waals surface area contributed by atoms with E-state index in [4.69, 9.17) is 0 Å². The minimum Gasteiger partial charge on any atom is -0.273 e. The summed E-state index contributed by atoms with van der Waals surface area (Å²) < 4.78 is 1.65. The average molecular weight is 421 g/mol. The molecule has 2 N–H and O–H groups in total. The van der Waals surface area contributed by atoms with Gasteiger partial charge in [-0.1, -0.05) is 32.0 Å². The van der Waals surface area contributed by atoms with Gasteiger partial charge in [0.05, 0.1) is 22.7 Å². The van der Waals surface area contributed by atoms with E-state index in [1.54, 1.807) is 23.0 Å². The fraction of sp³-hybridized carbons (Fsp3) is 0.227. The summed E-state index contributed by atoms with van der Waals surface area (Å²) in [6, 6.07) is 15.4. The zero-order valence-corrected chi connectivity index (χ0v) is 17.2. The number of nitro groups is 1. The third-order valence-electron chi connectivity index (χ3n) is 4.45. The Morgan fingerprint density at radius 3 is 2.29 bits per heavy atom. The quantitative estimate of drug-likeness (QED) is 0.449. The molecule has 0 bridgehead atoms. The molecule has 9 nitrogen and oxygen atoms in total. The van der Waals surface area contributed by atoms with Crippen molar-refractivity contribution in [1.82, 2.24) is 20.6 Å². The van der Waals surface area contributed by atoms with Crippen molar-refractivity contribution in [1.29, 1.82) is 0 Å². The van der Waals surface area contributed by atoms with Gasteiger partial charge in [-0.05, 0) is 30.2 Å². The highest BCUT2D eigenvalue weighted by atomic mass is 16.6. The standard InChI is InChI=1S/C22H23N5O4/c1-15(2)12-20(28)23-24-21(29)13-17-14-26(18-6-4-3-5-7-18)25-22(17)16-8-10-19(11-9-16)27(30)31/h3-11,14-15H,12-13H2,1-2H3,(H,23,28)(H,24,29). The van der Waals surface area contributed by atoms with Crippen LogP contribution in [0, 0.1) is 16.0 Å². The number of benzene rings is 2. The molecule has 2 amide bonds. The topological polar surface area (TPSA) is 119 Å². The van der Waals surface area contributed by atoms with E-state index >= 15 is 0 Å². The molecule has 3 rings (SSSR count). The van der Waals surface area contributed by atoms with Gasteiger partial charge in [-0.3, -0.25) is 30.6 Å². The number of rotatable bonds is 7. The van der Waals surface area contributed by atoms with Crippen LogP contribution in [0.25, 0.3) is 16.9 Å². The number of nitro benzene ring substituents is 1. The van der Waals surface area contributed by atoms with Crippen molar-refractivity contribution in [3.63, 3.8) is 0 Å². The van der Waals surface area contributed by atoms with E-state index in [-0.39, 0.29) is 23.9 Å². The second-order valence-electron chi connectivity index (χ2n) is 7.46. The summed E-state index contributed by atoms with van der Waals surface area (Å²) in [7, 11) is 0. The molecule has 0 unspecified atom stereocenters. The summed E-state index contributed by atoms with van der Waals surface area (Å²) in [6.07, 6.45) is 2.02. The van der Waals surface area contributed by atoms with E-state index in [0.29, 0.717) is 23.2 Å². The highest BCUT2D eigenvalue weighted by Crippen LogP contribution is 2.26. The van der Waals surface area contributed by atoms with Crippen LogP contribution in [-0.2, 0) is 16.0 Å². The van der Waals surface area contributed by atoms with Crippen molar-refractivity contribution in [2.75, 3.05) is 0 Å². The maximum atomic E-state index is 12.4. The zero-order chi connectivity index (χ0) is 22.4. The summed E-state index contributed by atoms with van der Waals surface area (Å²) >= 11 is 0. The number of nitrogens with one attached hydrogen (secondary N) is 2. The number of hydrogen-bond acceptors (Lipinski definition) is 5. The van der Waals surface area contributed by atoms with Crippen LogP contribution in [0.5, 0.6) is 0 Å². The van der Waals surface area contributed by atoms with Crippen molar-refractivity contribution in [3.05, 3.63) is 76.5 Å². The van der Waals surface area contributed by atoms with Crippen LogP contribution in [0.1, 0.15) is 25.8 Å². The number of non-ortho nitro benzene ring substituents is 1. The van der Waals surface area contributed by atoms with Crippen LogP contribution < -0.4 is 10.9 Å². The van der Waals surface area contributed by atoms with Crippen molar-refractivity contribution in [3.8, 4) is 16.9 Å². The fourth-order valence-corrected chi connectivity index (χ4v) is 3.01. The lowest BCUT2D eigenvalue weighted by molar-refractivity contribution is -0.384. The van der Waals surface area contributed by atoms with Crippen molar-refractivity contribution < 1.29 is 14.5 Å². The van der Waals surface area contributed by atoms with E-state index in [1.807, 2.05) is 44.2 Å². The monoisotopic (exact) mass is 421 g/mol. The highest BCUT2D eigenvalue weighted by Gasteiger charge is 2.17. The third kappa shape index (κ3) is 5.75. The van der Waals surface area contributed by atoms with Crippen LogP contribution in [0.4, 0.5) is 5.69 Å². The van der Waals surface area contributed by atoms with Crippen LogP contribution in [-0.4, -0.2) is 26.5 Å². The molecule has 0 aliphatic carbocycles. The van der Waals surface area contributed by atoms with Gasteiger partial charge in [0.15, 0.2) is 0 Å². The number of hydrogen-bond donors (Lipinski definition) is 2. The van der Waals surface area contributed by atoms with Gasteiger partial charge in [0.25, 0.3) is 5.69 Å². The molecule has 1 heterocycles. The Morgan fingerprint density at radius 2 is 1.68 bits per heavy atom. The number of nitrogens with zero attached hydrogens (tertiary/aromatic N) is 3. The van der Waals surface area contributed by atoms with Gasteiger partial charge in [0.1, 0.15) is 0 Å². The minimum atomic E-state index is -0.472. The molecule has 0 saturated heterocycles. The Hall–Kier alpha value is -4.01. The Bertz CT molecular complexity index is 1080. The van der Waals surface area contributed by atoms with E-state index in [0.717, 1.165) is 5.69 Å². The van der Waals surface area contributed by atoms with Crippen molar-refractivity contribution >= 4 is 17.5 Å². The summed E-state index contributed by atoms with van der Waals surface area (Å²) in [5.74, 6) is -0.485. The van der Waals surface area contributed by atoms with Gasteiger partial charge < -0.3 is 0 Å². The number of hydrazine groups is 1. The number of amides is 2. The van der Waals surface area contributed by atoms with Crippen molar-refractivity contribution in [2.45, 2.75) is 26.7 Å². The first kappa shape index (κ1) is 21.7. The Kier molecular flexibility index (Phi) is 6.76. The normalized spacial score (nSPS) is 10.7. The molecule has 2 aromatic carbocycles. The molecule has 160 valence electrons. The predicted molar refractivity (Wildman–Crippen MR) is 115 cm³/mol. The van der Waals surface area contributed by atoms with Crippen molar-refractivity contribution in [2.24, 2.45) is 5.92 Å². The second kappa shape index (κ2) is 9.66. The average Bonchev–Trinajstić information content (AvgIpc) is 3.16. The van der Waals surface area contributed by atoms with Crippen LogP contribution in [0.2, 0.25) is 0 Å². The largest absolute Gasteiger partial charge is 0.273 e. The molecule has 0 spiro atoms. The molecule has 0 saturated carbocycles. The zero-order valence-electron chi connectivity index (χ0n) is 17.2. The molecular formula is C22H23N5O4. The molecule has 0 radical (unpaired) electrons. The minimum absolute atomic E-state index is 0.0267. The van der Waals surface area contributed by atoms with Gasteiger partial charge in [-0.15, -0.1) is 0 Å². The maximum absolute atomic E-state index is 12.4. The summed E-state index contributed by atoms with van der Waals surface area (Å²) in [6.45, 7) is 3.83. The van der Waals surface area contributed by atoms with Crippen LogP contribution >= 0.6 is 0 Å². The second-order valence-corrected chi connectivity index (χ2v) is 7.46. The number of para-hydroxylation sites is 1. The SMILES string of the molecule is CC(C)CC(=O)NNC(=O)Cc1cn(-c2ccccc2)nc1-c1ccc([N+](=O)[O-])cc1. The van der Waals surface area contributed by atoms with E-state index in [9.17, 15) is 19.7 Å². The molecule has 9 heteroatoms. The number of aromatic nitrogens is 2.